The Balaban J connectivity index is 1.89. The van der Waals surface area contributed by atoms with Crippen molar-refractivity contribution in [3.63, 3.8) is 0 Å². The van der Waals surface area contributed by atoms with Crippen LogP contribution in [0.4, 0.5) is 5.13 Å². The minimum absolute atomic E-state index is 0.176. The quantitative estimate of drug-likeness (QED) is 0.533. The lowest BCUT2D eigenvalue weighted by Crippen LogP contribution is -2.51. The molecule has 2 N–H and O–H groups in total. The third kappa shape index (κ3) is 3.98. The van der Waals surface area contributed by atoms with Crippen LogP contribution in [0.3, 0.4) is 0 Å². The zero-order valence-electron chi connectivity index (χ0n) is 10.6. The minimum Gasteiger partial charge on any atom is -0.383 e. The van der Waals surface area contributed by atoms with Crippen LogP contribution in [0.1, 0.15) is 4.88 Å². The van der Waals surface area contributed by atoms with Gasteiger partial charge in [0.2, 0.25) is 11.8 Å². The van der Waals surface area contributed by atoms with E-state index in [1.165, 1.54) is 11.3 Å². The van der Waals surface area contributed by atoms with Crippen molar-refractivity contribution in [2.75, 3.05) is 38.3 Å². The molecule has 2 rings (SSSR count). The van der Waals surface area contributed by atoms with E-state index < -0.39 is 0 Å². The molecule has 0 bridgehead atoms. The van der Waals surface area contributed by atoms with Gasteiger partial charge in [-0.1, -0.05) is 0 Å². The van der Waals surface area contributed by atoms with Crippen molar-refractivity contribution in [3.05, 3.63) is 11.1 Å². The third-order valence-electron chi connectivity index (χ3n) is 2.54. The number of amides is 2. The van der Waals surface area contributed by atoms with Crippen molar-refractivity contribution in [1.29, 1.82) is 0 Å². The SMILES string of the molecule is COCCNCc1cnc(N2CC(=O)NC(=O)C2)s1. The Morgan fingerprint density at radius 3 is 2.89 bits per heavy atom. The Morgan fingerprint density at radius 2 is 2.21 bits per heavy atom. The molecule has 19 heavy (non-hydrogen) atoms. The van der Waals surface area contributed by atoms with E-state index in [2.05, 4.69) is 15.6 Å². The molecule has 0 saturated carbocycles. The number of carbonyl (C=O) groups excluding carboxylic acids is 2. The van der Waals surface area contributed by atoms with Gasteiger partial charge in [-0.2, -0.15) is 0 Å². The van der Waals surface area contributed by atoms with Gasteiger partial charge in [0.15, 0.2) is 5.13 Å². The molecule has 2 heterocycles. The third-order valence-corrected chi connectivity index (χ3v) is 3.60. The molecular weight excluding hydrogens is 268 g/mol. The van der Waals surface area contributed by atoms with Crippen LogP contribution in [-0.2, 0) is 20.9 Å². The van der Waals surface area contributed by atoms with Crippen LogP contribution in [0.15, 0.2) is 6.20 Å². The van der Waals surface area contributed by atoms with Crippen LogP contribution in [0.25, 0.3) is 0 Å². The summed E-state index contributed by atoms with van der Waals surface area (Å²) in [6, 6.07) is 0. The Labute approximate surface area is 115 Å². The first-order valence-corrected chi connectivity index (χ1v) is 6.72. The summed E-state index contributed by atoms with van der Waals surface area (Å²) in [4.78, 5) is 29.6. The molecule has 2 amide bonds. The lowest BCUT2D eigenvalue weighted by molar-refractivity contribution is -0.130. The monoisotopic (exact) mass is 284 g/mol. The Kier molecular flexibility index (Phi) is 4.83. The average Bonchev–Trinajstić information content (AvgIpc) is 2.82. The molecule has 1 aromatic heterocycles. The normalized spacial score (nSPS) is 15.7. The second kappa shape index (κ2) is 6.60. The lowest BCUT2D eigenvalue weighted by atomic mass is 10.4. The van der Waals surface area contributed by atoms with Crippen molar-refractivity contribution in [2.24, 2.45) is 0 Å². The fourth-order valence-corrected chi connectivity index (χ4v) is 2.56. The maximum atomic E-state index is 11.3. The van der Waals surface area contributed by atoms with Gasteiger partial charge in [0, 0.05) is 31.3 Å². The van der Waals surface area contributed by atoms with E-state index in [0.29, 0.717) is 18.3 Å². The number of ether oxygens (including phenoxy) is 1. The topological polar surface area (TPSA) is 83.6 Å². The summed E-state index contributed by atoms with van der Waals surface area (Å²) in [6.45, 7) is 2.49. The number of rotatable bonds is 6. The minimum atomic E-state index is -0.286. The van der Waals surface area contributed by atoms with Crippen molar-refractivity contribution in [3.8, 4) is 0 Å². The van der Waals surface area contributed by atoms with Gasteiger partial charge in [0.1, 0.15) is 13.1 Å². The molecule has 1 saturated heterocycles. The van der Waals surface area contributed by atoms with Gasteiger partial charge in [-0.25, -0.2) is 4.98 Å². The summed E-state index contributed by atoms with van der Waals surface area (Å²) in [6.07, 6.45) is 1.76. The van der Waals surface area contributed by atoms with Crippen LogP contribution in [0.2, 0.25) is 0 Å². The highest BCUT2D eigenvalue weighted by Gasteiger charge is 2.24. The van der Waals surface area contributed by atoms with Crippen LogP contribution in [0, 0.1) is 0 Å². The molecule has 0 radical (unpaired) electrons. The number of carbonyl (C=O) groups is 2. The van der Waals surface area contributed by atoms with E-state index in [1.54, 1.807) is 18.2 Å². The predicted octanol–water partition coefficient (Wildman–Crippen LogP) is -0.658. The molecule has 1 aromatic rings. The molecule has 0 atom stereocenters. The molecule has 1 aliphatic heterocycles. The molecule has 0 unspecified atom stereocenters. The van der Waals surface area contributed by atoms with Crippen LogP contribution in [0.5, 0.6) is 0 Å². The number of hydrogen-bond acceptors (Lipinski definition) is 7. The summed E-state index contributed by atoms with van der Waals surface area (Å²) in [5, 5.41) is 6.18. The van der Waals surface area contributed by atoms with E-state index in [0.717, 1.165) is 11.4 Å². The van der Waals surface area contributed by atoms with Gasteiger partial charge in [-0.15, -0.1) is 11.3 Å². The van der Waals surface area contributed by atoms with E-state index in [9.17, 15) is 9.59 Å². The smallest absolute Gasteiger partial charge is 0.246 e. The van der Waals surface area contributed by atoms with E-state index in [-0.39, 0.29) is 24.9 Å². The summed E-state index contributed by atoms with van der Waals surface area (Å²) < 4.78 is 4.94. The summed E-state index contributed by atoms with van der Waals surface area (Å²) in [5.74, 6) is -0.572. The molecular formula is C11H16N4O3S. The van der Waals surface area contributed by atoms with Gasteiger partial charge in [0.25, 0.3) is 0 Å². The number of hydrogen-bond donors (Lipinski definition) is 2. The lowest BCUT2D eigenvalue weighted by Gasteiger charge is -2.24. The van der Waals surface area contributed by atoms with Crippen molar-refractivity contribution >= 4 is 28.3 Å². The molecule has 7 nitrogen and oxygen atoms in total. The molecule has 0 spiro atoms. The molecule has 0 aromatic carbocycles. The number of nitrogens with one attached hydrogen (secondary N) is 2. The fraction of sp³-hybridized carbons (Fsp3) is 0.545. The molecule has 1 fully saturated rings. The Bertz CT molecular complexity index is 447. The summed E-state index contributed by atoms with van der Waals surface area (Å²) in [7, 11) is 1.66. The van der Waals surface area contributed by atoms with Crippen LogP contribution >= 0.6 is 11.3 Å². The van der Waals surface area contributed by atoms with Gasteiger partial charge in [-0.3, -0.25) is 14.9 Å². The van der Waals surface area contributed by atoms with Gasteiger partial charge in [0.05, 0.1) is 6.61 Å². The van der Waals surface area contributed by atoms with Crippen molar-refractivity contribution in [2.45, 2.75) is 6.54 Å². The van der Waals surface area contributed by atoms with E-state index in [1.807, 2.05) is 0 Å². The zero-order chi connectivity index (χ0) is 13.7. The van der Waals surface area contributed by atoms with E-state index >= 15 is 0 Å². The highest BCUT2D eigenvalue weighted by atomic mass is 32.1. The van der Waals surface area contributed by atoms with Gasteiger partial charge < -0.3 is 15.0 Å². The summed E-state index contributed by atoms with van der Waals surface area (Å²) in [5.41, 5.74) is 0. The zero-order valence-corrected chi connectivity index (χ0v) is 11.5. The maximum absolute atomic E-state index is 11.3. The van der Waals surface area contributed by atoms with Crippen molar-refractivity contribution in [1.82, 2.24) is 15.6 Å². The highest BCUT2D eigenvalue weighted by Crippen LogP contribution is 2.22. The molecule has 8 heteroatoms. The number of methoxy groups -OCH3 is 1. The largest absolute Gasteiger partial charge is 0.383 e. The second-order valence-electron chi connectivity index (χ2n) is 4.11. The number of thiazole rings is 1. The summed E-state index contributed by atoms with van der Waals surface area (Å²) >= 11 is 1.48. The first-order chi connectivity index (χ1) is 9.19. The number of nitrogens with zero attached hydrogens (tertiary/aromatic N) is 2. The average molecular weight is 284 g/mol. The van der Waals surface area contributed by atoms with Gasteiger partial charge in [-0.05, 0) is 0 Å². The number of imide groups is 1. The molecule has 104 valence electrons. The first-order valence-electron chi connectivity index (χ1n) is 5.91. The number of aromatic nitrogens is 1. The molecule has 1 aliphatic rings. The molecule has 0 aliphatic carbocycles. The number of piperazine rings is 1. The first kappa shape index (κ1) is 13.9. The predicted molar refractivity (Wildman–Crippen MR) is 71.1 cm³/mol. The fourth-order valence-electron chi connectivity index (χ4n) is 1.68. The second-order valence-corrected chi connectivity index (χ2v) is 5.20. The number of anilines is 1. The van der Waals surface area contributed by atoms with Crippen LogP contribution < -0.4 is 15.5 Å². The Morgan fingerprint density at radius 1 is 1.47 bits per heavy atom. The standard InChI is InChI=1S/C11H16N4O3S/c1-18-3-2-12-4-8-5-13-11(19-8)15-6-9(16)14-10(17)7-15/h5,12H,2-4,6-7H2,1H3,(H,14,16,17). The Hall–Kier alpha value is -1.51. The van der Waals surface area contributed by atoms with Crippen molar-refractivity contribution < 1.29 is 14.3 Å². The van der Waals surface area contributed by atoms with E-state index in [4.69, 9.17) is 4.74 Å². The van der Waals surface area contributed by atoms with Crippen LogP contribution in [-0.4, -0.2) is 50.1 Å². The maximum Gasteiger partial charge on any atom is 0.246 e. The highest BCUT2D eigenvalue weighted by molar-refractivity contribution is 7.15. The van der Waals surface area contributed by atoms with Gasteiger partial charge >= 0.3 is 0 Å².